The summed E-state index contributed by atoms with van der Waals surface area (Å²) in [6.07, 6.45) is 2.27. The number of benzene rings is 1. The third-order valence-electron chi connectivity index (χ3n) is 2.18. The monoisotopic (exact) mass is 164 g/mol. The molecule has 0 aliphatic carbocycles. The number of hydrogen-bond acceptors (Lipinski definition) is 1. The standard InChI is InChI=1S/C11H16O/c1-4-5-11-8(2)6-10(12)7-9(11)3/h6-7,12H,4-5H2,1-3H3. The van der Waals surface area contributed by atoms with E-state index in [1.54, 1.807) is 0 Å². The van der Waals surface area contributed by atoms with Gasteiger partial charge in [0.05, 0.1) is 0 Å². The maximum Gasteiger partial charge on any atom is 0.116 e. The van der Waals surface area contributed by atoms with Crippen molar-refractivity contribution < 1.29 is 5.11 Å². The lowest BCUT2D eigenvalue weighted by atomic mass is 9.99. The van der Waals surface area contributed by atoms with Crippen LogP contribution in [0.25, 0.3) is 0 Å². The first-order valence-electron chi connectivity index (χ1n) is 4.44. The predicted molar refractivity (Wildman–Crippen MR) is 51.6 cm³/mol. The second kappa shape index (κ2) is 3.61. The molecule has 0 aromatic heterocycles. The van der Waals surface area contributed by atoms with Crippen LogP contribution < -0.4 is 0 Å². The second-order valence-corrected chi connectivity index (χ2v) is 3.31. The highest BCUT2D eigenvalue weighted by molar-refractivity contribution is 5.40. The van der Waals surface area contributed by atoms with Gasteiger partial charge >= 0.3 is 0 Å². The van der Waals surface area contributed by atoms with Gasteiger partial charge in [0.1, 0.15) is 5.75 Å². The van der Waals surface area contributed by atoms with E-state index in [1.165, 1.54) is 16.7 Å². The number of hydrogen-bond donors (Lipinski definition) is 1. The Morgan fingerprint density at radius 1 is 1.17 bits per heavy atom. The fourth-order valence-corrected chi connectivity index (χ4v) is 1.61. The van der Waals surface area contributed by atoms with Gasteiger partial charge in [0.25, 0.3) is 0 Å². The van der Waals surface area contributed by atoms with Gasteiger partial charge in [-0.25, -0.2) is 0 Å². The molecular weight excluding hydrogens is 148 g/mol. The van der Waals surface area contributed by atoms with Gasteiger partial charge in [0, 0.05) is 0 Å². The summed E-state index contributed by atoms with van der Waals surface area (Å²) in [5.41, 5.74) is 3.79. The summed E-state index contributed by atoms with van der Waals surface area (Å²) in [6.45, 7) is 6.28. The van der Waals surface area contributed by atoms with Crippen molar-refractivity contribution in [2.24, 2.45) is 0 Å². The van der Waals surface area contributed by atoms with E-state index in [0.717, 1.165) is 12.8 Å². The number of aryl methyl sites for hydroxylation is 2. The van der Waals surface area contributed by atoms with Gasteiger partial charge in [0.2, 0.25) is 0 Å². The normalized spacial score (nSPS) is 10.2. The molecule has 12 heavy (non-hydrogen) atoms. The van der Waals surface area contributed by atoms with E-state index in [-0.39, 0.29) is 0 Å². The Hall–Kier alpha value is -0.980. The topological polar surface area (TPSA) is 20.2 Å². The van der Waals surface area contributed by atoms with E-state index in [0.29, 0.717) is 5.75 Å². The van der Waals surface area contributed by atoms with Gasteiger partial charge in [-0.05, 0) is 49.1 Å². The Morgan fingerprint density at radius 3 is 2.08 bits per heavy atom. The van der Waals surface area contributed by atoms with Crippen molar-refractivity contribution in [3.63, 3.8) is 0 Å². The highest BCUT2D eigenvalue weighted by atomic mass is 16.3. The van der Waals surface area contributed by atoms with Crippen LogP contribution in [0.1, 0.15) is 30.0 Å². The maximum absolute atomic E-state index is 9.29. The van der Waals surface area contributed by atoms with Gasteiger partial charge in [-0.2, -0.15) is 0 Å². The summed E-state index contributed by atoms with van der Waals surface area (Å²) in [7, 11) is 0. The molecule has 1 rings (SSSR count). The summed E-state index contributed by atoms with van der Waals surface area (Å²) in [6, 6.07) is 3.66. The Labute approximate surface area is 74.1 Å². The lowest BCUT2D eigenvalue weighted by molar-refractivity contribution is 0.474. The smallest absolute Gasteiger partial charge is 0.116 e. The van der Waals surface area contributed by atoms with Gasteiger partial charge in [-0.3, -0.25) is 0 Å². The molecule has 0 saturated carbocycles. The Bertz CT molecular complexity index is 253. The zero-order valence-corrected chi connectivity index (χ0v) is 8.02. The molecule has 1 aromatic carbocycles. The molecule has 0 fully saturated rings. The van der Waals surface area contributed by atoms with Crippen molar-refractivity contribution in [1.82, 2.24) is 0 Å². The molecule has 1 N–H and O–H groups in total. The van der Waals surface area contributed by atoms with Crippen molar-refractivity contribution in [1.29, 1.82) is 0 Å². The number of phenols is 1. The maximum atomic E-state index is 9.29. The molecular formula is C11H16O. The zero-order chi connectivity index (χ0) is 9.14. The minimum Gasteiger partial charge on any atom is -0.508 e. The summed E-state index contributed by atoms with van der Waals surface area (Å²) in [5, 5.41) is 9.29. The average Bonchev–Trinajstić information content (AvgIpc) is 1.96. The van der Waals surface area contributed by atoms with Crippen LogP contribution >= 0.6 is 0 Å². The lowest BCUT2D eigenvalue weighted by Gasteiger charge is -2.08. The quantitative estimate of drug-likeness (QED) is 0.712. The van der Waals surface area contributed by atoms with Gasteiger partial charge in [-0.1, -0.05) is 13.3 Å². The summed E-state index contributed by atoms with van der Waals surface area (Å²) < 4.78 is 0. The fraction of sp³-hybridized carbons (Fsp3) is 0.455. The molecule has 0 unspecified atom stereocenters. The van der Waals surface area contributed by atoms with Crippen LogP contribution in [0, 0.1) is 13.8 Å². The van der Waals surface area contributed by atoms with Crippen molar-refractivity contribution in [2.45, 2.75) is 33.6 Å². The molecule has 1 nitrogen and oxygen atoms in total. The van der Waals surface area contributed by atoms with Crippen LogP contribution in [0.4, 0.5) is 0 Å². The van der Waals surface area contributed by atoms with Crippen LogP contribution in [0.5, 0.6) is 5.75 Å². The molecule has 1 heteroatoms. The highest BCUT2D eigenvalue weighted by Gasteiger charge is 2.02. The molecule has 1 aromatic rings. The molecule has 0 bridgehead atoms. The van der Waals surface area contributed by atoms with Crippen LogP contribution in [-0.4, -0.2) is 5.11 Å². The zero-order valence-electron chi connectivity index (χ0n) is 8.02. The minimum atomic E-state index is 0.379. The Balaban J connectivity index is 3.10. The molecule has 0 amide bonds. The number of aromatic hydroxyl groups is 1. The predicted octanol–water partition coefficient (Wildman–Crippen LogP) is 2.96. The van der Waals surface area contributed by atoms with Crippen LogP contribution in [0.3, 0.4) is 0 Å². The first-order chi connectivity index (χ1) is 5.65. The van der Waals surface area contributed by atoms with Crippen LogP contribution in [0.2, 0.25) is 0 Å². The molecule has 0 aliphatic rings. The average molecular weight is 164 g/mol. The summed E-state index contributed by atoms with van der Waals surface area (Å²) in [5.74, 6) is 0.379. The largest absolute Gasteiger partial charge is 0.508 e. The molecule has 0 saturated heterocycles. The van der Waals surface area contributed by atoms with Crippen molar-refractivity contribution >= 4 is 0 Å². The SMILES string of the molecule is CCCc1c(C)cc(O)cc1C. The first-order valence-corrected chi connectivity index (χ1v) is 4.44. The Morgan fingerprint density at radius 2 is 1.67 bits per heavy atom. The molecule has 0 atom stereocenters. The fourth-order valence-electron chi connectivity index (χ4n) is 1.61. The molecule has 66 valence electrons. The Kier molecular flexibility index (Phi) is 2.74. The third kappa shape index (κ3) is 1.79. The van der Waals surface area contributed by atoms with Crippen molar-refractivity contribution in [3.8, 4) is 5.75 Å². The molecule has 0 heterocycles. The molecule has 0 radical (unpaired) electrons. The van der Waals surface area contributed by atoms with Crippen LogP contribution in [0.15, 0.2) is 12.1 Å². The highest BCUT2D eigenvalue weighted by Crippen LogP contribution is 2.21. The molecule has 0 aliphatic heterocycles. The van der Waals surface area contributed by atoms with E-state index in [9.17, 15) is 5.11 Å². The van der Waals surface area contributed by atoms with E-state index in [1.807, 2.05) is 12.1 Å². The first kappa shape index (κ1) is 9.11. The molecule has 0 spiro atoms. The number of phenolic OH excluding ortho intramolecular Hbond substituents is 1. The van der Waals surface area contributed by atoms with Crippen molar-refractivity contribution in [3.05, 3.63) is 28.8 Å². The van der Waals surface area contributed by atoms with E-state index < -0.39 is 0 Å². The number of rotatable bonds is 2. The summed E-state index contributed by atoms with van der Waals surface area (Å²) in [4.78, 5) is 0. The second-order valence-electron chi connectivity index (χ2n) is 3.31. The van der Waals surface area contributed by atoms with E-state index in [4.69, 9.17) is 0 Å². The van der Waals surface area contributed by atoms with E-state index in [2.05, 4.69) is 20.8 Å². The van der Waals surface area contributed by atoms with E-state index >= 15 is 0 Å². The van der Waals surface area contributed by atoms with Gasteiger partial charge < -0.3 is 5.11 Å². The summed E-state index contributed by atoms with van der Waals surface area (Å²) >= 11 is 0. The van der Waals surface area contributed by atoms with Gasteiger partial charge in [-0.15, -0.1) is 0 Å². The lowest BCUT2D eigenvalue weighted by Crippen LogP contribution is -1.92. The minimum absolute atomic E-state index is 0.379. The van der Waals surface area contributed by atoms with Crippen molar-refractivity contribution in [2.75, 3.05) is 0 Å². The third-order valence-corrected chi connectivity index (χ3v) is 2.18. The van der Waals surface area contributed by atoms with Gasteiger partial charge in [0.15, 0.2) is 0 Å². The van der Waals surface area contributed by atoms with Crippen LogP contribution in [-0.2, 0) is 6.42 Å².